The summed E-state index contributed by atoms with van der Waals surface area (Å²) in [6.45, 7) is 2.27. The van der Waals surface area contributed by atoms with Gasteiger partial charge in [0.25, 0.3) is 0 Å². The molecule has 5 nitrogen and oxygen atoms in total. The highest BCUT2D eigenvalue weighted by Crippen LogP contribution is 2.32. The molecule has 0 aromatic carbocycles. The monoisotopic (exact) mass is 305 g/mol. The number of hydrogen-bond donors (Lipinski definition) is 0. The van der Waals surface area contributed by atoms with E-state index in [0.717, 1.165) is 37.4 Å². The second kappa shape index (κ2) is 5.41. The smallest absolute Gasteiger partial charge is 0.225 e. The first kappa shape index (κ1) is 13.8. The largest absolute Gasteiger partial charge is 0.488 e. The minimum absolute atomic E-state index is 0.0447. The van der Waals surface area contributed by atoms with Crippen LogP contribution in [0.3, 0.4) is 0 Å². The molecule has 6 heteroatoms. The number of ether oxygens (including phenoxy) is 1. The van der Waals surface area contributed by atoms with Gasteiger partial charge < -0.3 is 14.5 Å². The third-order valence-electron chi connectivity index (χ3n) is 4.56. The summed E-state index contributed by atoms with van der Waals surface area (Å²) in [7, 11) is 0. The fourth-order valence-electron chi connectivity index (χ4n) is 3.06. The zero-order valence-corrected chi connectivity index (χ0v) is 12.4. The van der Waals surface area contributed by atoms with E-state index < -0.39 is 6.17 Å². The third kappa shape index (κ3) is 2.74. The molecule has 2 aliphatic heterocycles. The van der Waals surface area contributed by atoms with Gasteiger partial charge in [-0.15, -0.1) is 0 Å². The van der Waals surface area contributed by atoms with Crippen molar-refractivity contribution in [2.45, 2.75) is 31.5 Å². The highest BCUT2D eigenvalue weighted by atomic mass is 19.1. The number of aromatic nitrogens is 1. The van der Waals surface area contributed by atoms with Gasteiger partial charge in [0.05, 0.1) is 19.6 Å². The maximum absolute atomic E-state index is 12.9. The van der Waals surface area contributed by atoms with Crippen molar-refractivity contribution in [2.24, 2.45) is 5.92 Å². The molecule has 1 saturated carbocycles. The van der Waals surface area contributed by atoms with Gasteiger partial charge in [0.15, 0.2) is 0 Å². The van der Waals surface area contributed by atoms with Crippen LogP contribution < -0.4 is 9.64 Å². The van der Waals surface area contributed by atoms with E-state index in [4.69, 9.17) is 4.74 Å². The maximum Gasteiger partial charge on any atom is 0.225 e. The minimum Gasteiger partial charge on any atom is -0.488 e. The molecule has 3 aliphatic rings. The number of halogens is 1. The molecule has 0 spiro atoms. The standard InChI is InChI=1S/C16H20FN3O2/c17-12-8-20(9-12)15-7-13(3-5-18-15)22-14-4-6-19(10-14)16(21)11-1-2-11/h3,5,7,11-12,14H,1-2,4,6,8-10H2. The van der Waals surface area contributed by atoms with E-state index in [9.17, 15) is 9.18 Å². The summed E-state index contributed by atoms with van der Waals surface area (Å²) in [6.07, 6.45) is 3.94. The van der Waals surface area contributed by atoms with Crippen LogP contribution in [0.25, 0.3) is 0 Å². The summed E-state index contributed by atoms with van der Waals surface area (Å²) in [5, 5.41) is 0. The van der Waals surface area contributed by atoms with Crippen molar-refractivity contribution in [2.75, 3.05) is 31.1 Å². The summed E-state index contributed by atoms with van der Waals surface area (Å²) in [5.41, 5.74) is 0. The van der Waals surface area contributed by atoms with Crippen molar-refractivity contribution in [3.8, 4) is 5.75 Å². The molecule has 22 heavy (non-hydrogen) atoms. The molecule has 0 radical (unpaired) electrons. The lowest BCUT2D eigenvalue weighted by Gasteiger charge is -2.35. The van der Waals surface area contributed by atoms with Crippen LogP contribution in [-0.2, 0) is 4.79 Å². The van der Waals surface area contributed by atoms with E-state index in [1.807, 2.05) is 21.9 Å². The number of carbonyl (C=O) groups is 1. The molecule has 118 valence electrons. The third-order valence-corrected chi connectivity index (χ3v) is 4.56. The Bertz CT molecular complexity index is 572. The second-order valence-electron chi connectivity index (χ2n) is 6.44. The molecular weight excluding hydrogens is 285 g/mol. The Morgan fingerprint density at radius 3 is 2.82 bits per heavy atom. The number of anilines is 1. The fourth-order valence-corrected chi connectivity index (χ4v) is 3.06. The number of rotatable bonds is 4. The van der Waals surface area contributed by atoms with E-state index >= 15 is 0 Å². The summed E-state index contributed by atoms with van der Waals surface area (Å²) in [5.74, 6) is 2.07. The van der Waals surface area contributed by atoms with Crippen molar-refractivity contribution in [1.82, 2.24) is 9.88 Å². The fraction of sp³-hybridized carbons (Fsp3) is 0.625. The number of nitrogens with zero attached hydrogens (tertiary/aromatic N) is 3. The maximum atomic E-state index is 12.9. The Morgan fingerprint density at radius 1 is 1.27 bits per heavy atom. The van der Waals surface area contributed by atoms with Gasteiger partial charge >= 0.3 is 0 Å². The Hall–Kier alpha value is -1.85. The number of alkyl halides is 1. The molecule has 4 rings (SSSR count). The van der Waals surface area contributed by atoms with Gasteiger partial charge in [0.1, 0.15) is 23.8 Å². The predicted octanol–water partition coefficient (Wildman–Crippen LogP) is 1.63. The quantitative estimate of drug-likeness (QED) is 0.848. The minimum atomic E-state index is -0.747. The van der Waals surface area contributed by atoms with Crippen LogP contribution in [0.4, 0.5) is 10.2 Å². The van der Waals surface area contributed by atoms with E-state index in [1.54, 1.807) is 6.20 Å². The molecule has 0 N–H and O–H groups in total. The van der Waals surface area contributed by atoms with E-state index in [2.05, 4.69) is 4.98 Å². The number of likely N-dealkylation sites (tertiary alicyclic amines) is 1. The first-order chi connectivity index (χ1) is 10.7. The molecule has 1 aliphatic carbocycles. The van der Waals surface area contributed by atoms with Crippen LogP contribution >= 0.6 is 0 Å². The molecule has 1 amide bonds. The van der Waals surface area contributed by atoms with Gasteiger partial charge in [-0.2, -0.15) is 0 Å². The molecular formula is C16H20FN3O2. The molecule has 1 unspecified atom stereocenters. The van der Waals surface area contributed by atoms with Gasteiger partial charge in [-0.25, -0.2) is 9.37 Å². The summed E-state index contributed by atoms with van der Waals surface area (Å²) in [4.78, 5) is 20.1. The molecule has 2 saturated heterocycles. The molecule has 3 heterocycles. The Kier molecular flexibility index (Phi) is 3.39. The lowest BCUT2D eigenvalue weighted by Crippen LogP contribution is -2.48. The van der Waals surface area contributed by atoms with Crippen molar-refractivity contribution < 1.29 is 13.9 Å². The normalized spacial score (nSPS) is 25.2. The predicted molar refractivity (Wildman–Crippen MR) is 79.7 cm³/mol. The zero-order valence-electron chi connectivity index (χ0n) is 12.4. The van der Waals surface area contributed by atoms with E-state index in [1.165, 1.54) is 0 Å². The topological polar surface area (TPSA) is 45.7 Å². The van der Waals surface area contributed by atoms with Crippen LogP contribution in [-0.4, -0.2) is 54.2 Å². The van der Waals surface area contributed by atoms with Gasteiger partial charge in [-0.1, -0.05) is 0 Å². The van der Waals surface area contributed by atoms with Crippen molar-refractivity contribution in [1.29, 1.82) is 0 Å². The lowest BCUT2D eigenvalue weighted by atomic mass is 10.2. The van der Waals surface area contributed by atoms with Crippen LogP contribution in [0.5, 0.6) is 5.75 Å². The molecule has 1 aromatic heterocycles. The van der Waals surface area contributed by atoms with E-state index in [-0.39, 0.29) is 17.9 Å². The molecule has 3 fully saturated rings. The molecule has 0 bridgehead atoms. The Labute approximate surface area is 129 Å². The summed E-state index contributed by atoms with van der Waals surface area (Å²) >= 11 is 0. The van der Waals surface area contributed by atoms with Crippen LogP contribution in [0, 0.1) is 5.92 Å². The van der Waals surface area contributed by atoms with Gasteiger partial charge in [0, 0.05) is 31.1 Å². The van der Waals surface area contributed by atoms with Crippen LogP contribution in [0.2, 0.25) is 0 Å². The van der Waals surface area contributed by atoms with Crippen LogP contribution in [0.1, 0.15) is 19.3 Å². The number of amides is 1. The number of hydrogen-bond acceptors (Lipinski definition) is 4. The second-order valence-corrected chi connectivity index (χ2v) is 6.44. The first-order valence-corrected chi connectivity index (χ1v) is 7.99. The number of pyridine rings is 1. The summed E-state index contributed by atoms with van der Waals surface area (Å²) in [6, 6.07) is 3.68. The molecule has 1 atom stereocenters. The van der Waals surface area contributed by atoms with Gasteiger partial charge in [-0.3, -0.25) is 4.79 Å². The van der Waals surface area contributed by atoms with Crippen molar-refractivity contribution >= 4 is 11.7 Å². The summed E-state index contributed by atoms with van der Waals surface area (Å²) < 4.78 is 18.9. The average molecular weight is 305 g/mol. The Morgan fingerprint density at radius 2 is 2.09 bits per heavy atom. The van der Waals surface area contributed by atoms with Crippen molar-refractivity contribution in [3.63, 3.8) is 0 Å². The lowest BCUT2D eigenvalue weighted by molar-refractivity contribution is -0.131. The van der Waals surface area contributed by atoms with Gasteiger partial charge in [-0.05, 0) is 18.9 Å². The van der Waals surface area contributed by atoms with Gasteiger partial charge in [0.2, 0.25) is 5.91 Å². The highest BCUT2D eigenvalue weighted by molar-refractivity contribution is 5.81. The zero-order chi connectivity index (χ0) is 15.1. The Balaban J connectivity index is 1.35. The molecule has 1 aromatic rings. The van der Waals surface area contributed by atoms with Crippen LogP contribution in [0.15, 0.2) is 18.3 Å². The first-order valence-electron chi connectivity index (χ1n) is 7.99. The average Bonchev–Trinajstić information content (AvgIpc) is 3.24. The highest BCUT2D eigenvalue weighted by Gasteiger charge is 2.37. The van der Waals surface area contributed by atoms with E-state index in [0.29, 0.717) is 19.6 Å². The number of carbonyl (C=O) groups excluding carboxylic acids is 1. The SMILES string of the molecule is O=C(C1CC1)N1CCC(Oc2ccnc(N3CC(F)C3)c2)C1. The van der Waals surface area contributed by atoms with Crippen molar-refractivity contribution in [3.05, 3.63) is 18.3 Å².